The van der Waals surface area contributed by atoms with Crippen molar-refractivity contribution >= 4 is 11.6 Å². The van der Waals surface area contributed by atoms with Gasteiger partial charge >= 0.3 is 0 Å². The largest absolute Gasteiger partial charge is 0.383 e. The minimum absolute atomic E-state index is 0.582. The molecule has 0 amide bonds. The van der Waals surface area contributed by atoms with Crippen LogP contribution in [-0.2, 0) is 6.42 Å². The van der Waals surface area contributed by atoms with E-state index in [4.69, 9.17) is 5.73 Å². The van der Waals surface area contributed by atoms with Crippen molar-refractivity contribution in [2.45, 2.75) is 58.4 Å². The molecule has 0 spiro atoms. The predicted molar refractivity (Wildman–Crippen MR) is 80.3 cm³/mol. The van der Waals surface area contributed by atoms with Crippen LogP contribution in [0, 0.1) is 5.92 Å². The second-order valence-electron chi connectivity index (χ2n) is 5.75. The molecule has 1 aromatic rings. The first-order valence-corrected chi connectivity index (χ1v) is 7.47. The fourth-order valence-corrected chi connectivity index (χ4v) is 3.24. The fraction of sp³-hybridized carbons (Fsp3) is 0.733. The SMILES string of the molecule is CCCc1c(N)ncnc1N(C)C1CCCCC1C. The summed E-state index contributed by atoms with van der Waals surface area (Å²) < 4.78 is 0. The second-order valence-corrected chi connectivity index (χ2v) is 5.75. The van der Waals surface area contributed by atoms with Gasteiger partial charge in [0.1, 0.15) is 18.0 Å². The van der Waals surface area contributed by atoms with Gasteiger partial charge < -0.3 is 10.6 Å². The quantitative estimate of drug-likeness (QED) is 0.906. The minimum Gasteiger partial charge on any atom is -0.383 e. The van der Waals surface area contributed by atoms with Crippen LogP contribution in [0.2, 0.25) is 0 Å². The summed E-state index contributed by atoms with van der Waals surface area (Å²) in [6, 6.07) is 0.582. The molecule has 0 bridgehead atoms. The molecule has 1 heterocycles. The average Bonchev–Trinajstić information content (AvgIpc) is 2.41. The number of nitrogen functional groups attached to an aromatic ring is 1. The van der Waals surface area contributed by atoms with Gasteiger partial charge in [-0.25, -0.2) is 9.97 Å². The molecular weight excluding hydrogens is 236 g/mol. The number of nitrogens with zero attached hydrogens (tertiary/aromatic N) is 3. The van der Waals surface area contributed by atoms with Crippen molar-refractivity contribution in [3.63, 3.8) is 0 Å². The highest BCUT2D eigenvalue weighted by Gasteiger charge is 2.27. The first-order valence-electron chi connectivity index (χ1n) is 7.47. The maximum Gasteiger partial charge on any atom is 0.137 e. The molecule has 2 N–H and O–H groups in total. The Bertz CT molecular complexity index is 419. The first-order chi connectivity index (χ1) is 9.15. The Morgan fingerprint density at radius 2 is 2.05 bits per heavy atom. The van der Waals surface area contributed by atoms with Crippen LogP contribution in [0.4, 0.5) is 11.6 Å². The van der Waals surface area contributed by atoms with E-state index in [-0.39, 0.29) is 0 Å². The van der Waals surface area contributed by atoms with Gasteiger partial charge in [0.15, 0.2) is 0 Å². The Balaban J connectivity index is 2.27. The van der Waals surface area contributed by atoms with E-state index < -0.39 is 0 Å². The summed E-state index contributed by atoms with van der Waals surface area (Å²) in [6.45, 7) is 4.52. The number of hydrogen-bond acceptors (Lipinski definition) is 4. The fourth-order valence-electron chi connectivity index (χ4n) is 3.24. The maximum atomic E-state index is 6.03. The molecule has 4 nitrogen and oxygen atoms in total. The number of rotatable bonds is 4. The number of hydrogen-bond donors (Lipinski definition) is 1. The Kier molecular flexibility index (Phi) is 4.61. The molecule has 4 heteroatoms. The molecule has 1 aliphatic rings. The molecule has 106 valence electrons. The van der Waals surface area contributed by atoms with Gasteiger partial charge in [-0.05, 0) is 25.2 Å². The number of aromatic nitrogens is 2. The van der Waals surface area contributed by atoms with Gasteiger partial charge in [-0.1, -0.05) is 33.1 Å². The monoisotopic (exact) mass is 262 g/mol. The smallest absolute Gasteiger partial charge is 0.137 e. The van der Waals surface area contributed by atoms with E-state index in [1.54, 1.807) is 6.33 Å². The molecule has 0 saturated heterocycles. The van der Waals surface area contributed by atoms with Crippen LogP contribution in [0.1, 0.15) is 51.5 Å². The second kappa shape index (κ2) is 6.22. The topological polar surface area (TPSA) is 55.0 Å². The molecule has 2 unspecified atom stereocenters. The van der Waals surface area contributed by atoms with Gasteiger partial charge in [0.05, 0.1) is 0 Å². The number of nitrogens with two attached hydrogens (primary N) is 1. The molecular formula is C15H26N4. The Morgan fingerprint density at radius 3 is 2.74 bits per heavy atom. The summed E-state index contributed by atoms with van der Waals surface area (Å²) in [7, 11) is 2.16. The zero-order chi connectivity index (χ0) is 13.8. The highest BCUT2D eigenvalue weighted by Crippen LogP contribution is 2.32. The number of anilines is 2. The van der Waals surface area contributed by atoms with Gasteiger partial charge in [-0.2, -0.15) is 0 Å². The lowest BCUT2D eigenvalue weighted by molar-refractivity contribution is 0.320. The van der Waals surface area contributed by atoms with Crippen LogP contribution in [0.25, 0.3) is 0 Å². The molecule has 19 heavy (non-hydrogen) atoms. The molecule has 1 saturated carbocycles. The van der Waals surface area contributed by atoms with Gasteiger partial charge in [0, 0.05) is 18.7 Å². The van der Waals surface area contributed by atoms with Crippen LogP contribution in [0.5, 0.6) is 0 Å². The van der Waals surface area contributed by atoms with Crippen LogP contribution in [0.3, 0.4) is 0 Å². The van der Waals surface area contributed by atoms with Crippen molar-refractivity contribution < 1.29 is 0 Å². The lowest BCUT2D eigenvalue weighted by Crippen LogP contribution is -2.40. The molecule has 1 aliphatic carbocycles. The summed E-state index contributed by atoms with van der Waals surface area (Å²) in [6.07, 6.45) is 8.87. The standard InChI is InChI=1S/C15H26N4/c1-4-7-12-14(16)17-10-18-15(12)19(3)13-9-6-5-8-11(13)2/h10-11,13H,4-9H2,1-3H3,(H2,16,17,18). The van der Waals surface area contributed by atoms with E-state index in [1.165, 1.54) is 25.7 Å². The Labute approximate surface area is 116 Å². The van der Waals surface area contributed by atoms with Crippen LogP contribution in [0.15, 0.2) is 6.33 Å². The third kappa shape index (κ3) is 2.99. The van der Waals surface area contributed by atoms with Crippen molar-refractivity contribution in [2.75, 3.05) is 17.7 Å². The van der Waals surface area contributed by atoms with Crippen molar-refractivity contribution in [3.8, 4) is 0 Å². The van der Waals surface area contributed by atoms with Crippen LogP contribution >= 0.6 is 0 Å². The zero-order valence-corrected chi connectivity index (χ0v) is 12.4. The zero-order valence-electron chi connectivity index (χ0n) is 12.4. The summed E-state index contributed by atoms with van der Waals surface area (Å²) in [5, 5.41) is 0. The van der Waals surface area contributed by atoms with Gasteiger partial charge in [-0.15, -0.1) is 0 Å². The van der Waals surface area contributed by atoms with Crippen molar-refractivity contribution in [1.82, 2.24) is 9.97 Å². The van der Waals surface area contributed by atoms with Crippen LogP contribution < -0.4 is 10.6 Å². The Morgan fingerprint density at radius 1 is 1.32 bits per heavy atom. The lowest BCUT2D eigenvalue weighted by Gasteiger charge is -2.37. The third-order valence-corrected chi connectivity index (χ3v) is 4.35. The molecule has 0 aliphatic heterocycles. The first kappa shape index (κ1) is 14.1. The summed E-state index contributed by atoms with van der Waals surface area (Å²) in [5.74, 6) is 2.40. The molecule has 1 aromatic heterocycles. The summed E-state index contributed by atoms with van der Waals surface area (Å²) in [4.78, 5) is 11.0. The van der Waals surface area contributed by atoms with Crippen molar-refractivity contribution in [2.24, 2.45) is 5.92 Å². The van der Waals surface area contributed by atoms with Crippen LogP contribution in [-0.4, -0.2) is 23.1 Å². The predicted octanol–water partition coefficient (Wildman–Crippen LogP) is 3.03. The molecule has 1 fully saturated rings. The molecule has 2 rings (SSSR count). The van der Waals surface area contributed by atoms with Crippen molar-refractivity contribution in [1.29, 1.82) is 0 Å². The summed E-state index contributed by atoms with van der Waals surface area (Å²) >= 11 is 0. The van der Waals surface area contributed by atoms with E-state index in [2.05, 4.69) is 35.8 Å². The Hall–Kier alpha value is -1.32. The summed E-state index contributed by atoms with van der Waals surface area (Å²) in [5.41, 5.74) is 7.15. The van der Waals surface area contributed by atoms with E-state index in [9.17, 15) is 0 Å². The average molecular weight is 262 g/mol. The normalized spacial score (nSPS) is 23.3. The van der Waals surface area contributed by atoms with Gasteiger partial charge in [0.25, 0.3) is 0 Å². The van der Waals surface area contributed by atoms with Gasteiger partial charge in [-0.3, -0.25) is 0 Å². The van der Waals surface area contributed by atoms with E-state index >= 15 is 0 Å². The lowest BCUT2D eigenvalue weighted by atomic mass is 9.85. The van der Waals surface area contributed by atoms with E-state index in [1.807, 2.05) is 0 Å². The molecule has 0 radical (unpaired) electrons. The highest BCUT2D eigenvalue weighted by atomic mass is 15.2. The van der Waals surface area contributed by atoms with E-state index in [0.29, 0.717) is 11.9 Å². The minimum atomic E-state index is 0.582. The molecule has 2 atom stereocenters. The highest BCUT2D eigenvalue weighted by molar-refractivity contribution is 5.56. The van der Waals surface area contributed by atoms with E-state index in [0.717, 1.165) is 30.1 Å². The molecule has 0 aromatic carbocycles. The maximum absolute atomic E-state index is 6.03. The van der Waals surface area contributed by atoms with Crippen molar-refractivity contribution in [3.05, 3.63) is 11.9 Å². The third-order valence-electron chi connectivity index (χ3n) is 4.35. The van der Waals surface area contributed by atoms with Gasteiger partial charge in [0.2, 0.25) is 0 Å².